The summed E-state index contributed by atoms with van der Waals surface area (Å²) in [6.07, 6.45) is 0.0330. The number of nitrogens with one attached hydrogen (secondary N) is 1. The Hall–Kier alpha value is -2.62. The van der Waals surface area contributed by atoms with Gasteiger partial charge in [-0.15, -0.1) is 0 Å². The van der Waals surface area contributed by atoms with Gasteiger partial charge in [-0.05, 0) is 43.2 Å². The Kier molecular flexibility index (Phi) is 7.66. The summed E-state index contributed by atoms with van der Waals surface area (Å²) in [4.78, 5) is 39.1. The molecule has 1 N–H and O–H groups in total. The van der Waals surface area contributed by atoms with Gasteiger partial charge in [0.25, 0.3) is 15.9 Å². The summed E-state index contributed by atoms with van der Waals surface area (Å²) in [5, 5.41) is 3.32. The fourth-order valence-corrected chi connectivity index (χ4v) is 5.67. The van der Waals surface area contributed by atoms with Crippen LogP contribution in [0, 0.1) is 0 Å². The standard InChI is InChI=1S/C22H23Cl2N3O5S/c1-14(21(29)25-2)26(13-15-9-10-16(23)12-18(15)24)20(28)8-5-11-27-22(30)17-6-3-4-7-19(17)33(27,31)32/h3-4,6-7,9-10,12,14H,5,8,11,13H2,1-2H3,(H,25,29)/t14-/m1/s1. The number of carbonyl (C=O) groups is 3. The van der Waals surface area contributed by atoms with E-state index in [9.17, 15) is 22.8 Å². The number of fused-ring (bicyclic) bond motifs is 1. The highest BCUT2D eigenvalue weighted by molar-refractivity contribution is 7.90. The first-order valence-electron chi connectivity index (χ1n) is 10.2. The molecule has 0 spiro atoms. The quantitative estimate of drug-likeness (QED) is 0.586. The average Bonchev–Trinajstić information content (AvgIpc) is 2.98. The van der Waals surface area contributed by atoms with Gasteiger partial charge in [0.15, 0.2) is 0 Å². The third-order valence-corrected chi connectivity index (χ3v) is 7.86. The second-order valence-electron chi connectivity index (χ2n) is 7.53. The predicted molar refractivity (Wildman–Crippen MR) is 124 cm³/mol. The first-order chi connectivity index (χ1) is 15.6. The molecule has 0 bridgehead atoms. The second-order valence-corrected chi connectivity index (χ2v) is 10.2. The van der Waals surface area contributed by atoms with E-state index >= 15 is 0 Å². The highest BCUT2D eigenvalue weighted by Crippen LogP contribution is 2.30. The summed E-state index contributed by atoms with van der Waals surface area (Å²) >= 11 is 12.2. The molecule has 11 heteroatoms. The largest absolute Gasteiger partial charge is 0.357 e. The molecule has 2 aromatic rings. The van der Waals surface area contributed by atoms with E-state index in [1.807, 2.05) is 0 Å². The summed E-state index contributed by atoms with van der Waals surface area (Å²) in [5.41, 5.74) is 0.731. The number of sulfonamides is 1. The summed E-state index contributed by atoms with van der Waals surface area (Å²) in [7, 11) is -2.47. The Bertz CT molecular complexity index is 1200. The molecule has 2 aromatic carbocycles. The molecule has 33 heavy (non-hydrogen) atoms. The third kappa shape index (κ3) is 5.15. The van der Waals surface area contributed by atoms with Gasteiger partial charge >= 0.3 is 0 Å². The van der Waals surface area contributed by atoms with E-state index in [1.54, 1.807) is 37.3 Å². The third-order valence-electron chi connectivity index (χ3n) is 5.43. The van der Waals surface area contributed by atoms with Crippen LogP contribution < -0.4 is 5.32 Å². The SMILES string of the molecule is CNC(=O)[C@@H](C)N(Cc1ccc(Cl)cc1Cl)C(=O)CCCN1C(=O)c2ccccc2S1(=O)=O. The lowest BCUT2D eigenvalue weighted by Crippen LogP contribution is -2.46. The molecule has 0 saturated carbocycles. The molecule has 1 atom stereocenters. The van der Waals surface area contributed by atoms with Crippen molar-refractivity contribution in [3.8, 4) is 0 Å². The van der Waals surface area contributed by atoms with Gasteiger partial charge < -0.3 is 10.2 Å². The van der Waals surface area contributed by atoms with Gasteiger partial charge in [-0.2, -0.15) is 0 Å². The Morgan fingerprint density at radius 2 is 1.85 bits per heavy atom. The molecule has 1 heterocycles. The molecule has 176 valence electrons. The van der Waals surface area contributed by atoms with E-state index in [2.05, 4.69) is 5.32 Å². The first kappa shape index (κ1) is 25.0. The lowest BCUT2D eigenvalue weighted by Gasteiger charge is -2.29. The van der Waals surface area contributed by atoms with Crippen LogP contribution in [-0.2, 0) is 26.2 Å². The summed E-state index contributed by atoms with van der Waals surface area (Å²) in [6.45, 7) is 1.51. The predicted octanol–water partition coefficient (Wildman–Crippen LogP) is 3.08. The topological polar surface area (TPSA) is 104 Å². The number of nitrogens with zero attached hydrogens (tertiary/aromatic N) is 2. The van der Waals surface area contributed by atoms with Crippen molar-refractivity contribution in [1.29, 1.82) is 0 Å². The van der Waals surface area contributed by atoms with Crippen molar-refractivity contribution >= 4 is 50.9 Å². The summed E-state index contributed by atoms with van der Waals surface area (Å²) in [5.74, 6) is -1.35. The highest BCUT2D eigenvalue weighted by atomic mass is 35.5. The number of hydrogen-bond acceptors (Lipinski definition) is 5. The van der Waals surface area contributed by atoms with Crippen LogP contribution in [0.25, 0.3) is 0 Å². The molecular formula is C22H23Cl2N3O5S. The molecule has 3 rings (SSSR count). The van der Waals surface area contributed by atoms with E-state index < -0.39 is 22.0 Å². The van der Waals surface area contributed by atoms with Gasteiger partial charge in [-0.1, -0.05) is 41.4 Å². The average molecular weight is 512 g/mol. The van der Waals surface area contributed by atoms with Crippen LogP contribution in [0.15, 0.2) is 47.4 Å². The van der Waals surface area contributed by atoms with Crippen LogP contribution in [0.3, 0.4) is 0 Å². The van der Waals surface area contributed by atoms with Crippen molar-refractivity contribution in [1.82, 2.24) is 14.5 Å². The molecule has 0 saturated heterocycles. The molecule has 0 aliphatic carbocycles. The highest BCUT2D eigenvalue weighted by Gasteiger charge is 2.40. The van der Waals surface area contributed by atoms with Gasteiger partial charge in [-0.25, -0.2) is 12.7 Å². The van der Waals surface area contributed by atoms with Crippen LogP contribution in [0.4, 0.5) is 0 Å². The van der Waals surface area contributed by atoms with Crippen molar-refractivity contribution in [2.75, 3.05) is 13.6 Å². The van der Waals surface area contributed by atoms with E-state index in [0.29, 0.717) is 15.6 Å². The van der Waals surface area contributed by atoms with Crippen molar-refractivity contribution in [2.45, 2.75) is 37.2 Å². The Morgan fingerprint density at radius 1 is 1.15 bits per heavy atom. The number of amides is 3. The maximum Gasteiger partial charge on any atom is 0.269 e. The Labute approximate surface area is 202 Å². The maximum atomic E-state index is 13.0. The Morgan fingerprint density at radius 3 is 2.48 bits per heavy atom. The summed E-state index contributed by atoms with van der Waals surface area (Å²) < 4.78 is 26.1. The second kappa shape index (κ2) is 10.1. The molecule has 1 aliphatic rings. The fourth-order valence-electron chi connectivity index (χ4n) is 3.59. The number of halogens is 2. The van der Waals surface area contributed by atoms with Crippen molar-refractivity contribution < 1.29 is 22.8 Å². The maximum absolute atomic E-state index is 13.0. The molecule has 1 aliphatic heterocycles. The van der Waals surface area contributed by atoms with Crippen molar-refractivity contribution in [3.63, 3.8) is 0 Å². The number of carbonyl (C=O) groups excluding carboxylic acids is 3. The van der Waals surface area contributed by atoms with Gasteiger partial charge in [0, 0.05) is 36.6 Å². The Balaban J connectivity index is 1.72. The van der Waals surface area contributed by atoms with Crippen LogP contribution in [0.2, 0.25) is 10.0 Å². The monoisotopic (exact) mass is 511 g/mol. The van der Waals surface area contributed by atoms with Gasteiger partial charge in [0.05, 0.1) is 5.56 Å². The van der Waals surface area contributed by atoms with Gasteiger partial charge in [0.2, 0.25) is 11.8 Å². The number of hydrogen-bond donors (Lipinski definition) is 1. The zero-order valence-corrected chi connectivity index (χ0v) is 20.4. The fraction of sp³-hybridized carbons (Fsp3) is 0.318. The molecular weight excluding hydrogens is 489 g/mol. The minimum atomic E-state index is -3.94. The lowest BCUT2D eigenvalue weighted by atomic mass is 10.1. The van der Waals surface area contributed by atoms with E-state index in [-0.39, 0.29) is 48.2 Å². The smallest absolute Gasteiger partial charge is 0.269 e. The van der Waals surface area contributed by atoms with Crippen LogP contribution in [-0.4, -0.2) is 55.0 Å². The number of benzene rings is 2. The van der Waals surface area contributed by atoms with E-state index in [4.69, 9.17) is 23.2 Å². The molecule has 0 unspecified atom stereocenters. The minimum absolute atomic E-state index is 0.0337. The normalized spacial score (nSPS) is 15.2. The zero-order valence-electron chi connectivity index (χ0n) is 18.0. The van der Waals surface area contributed by atoms with Crippen LogP contribution >= 0.6 is 23.2 Å². The first-order valence-corrected chi connectivity index (χ1v) is 12.4. The lowest BCUT2D eigenvalue weighted by molar-refractivity contribution is -0.140. The minimum Gasteiger partial charge on any atom is -0.357 e. The van der Waals surface area contributed by atoms with Crippen LogP contribution in [0.5, 0.6) is 0 Å². The summed E-state index contributed by atoms with van der Waals surface area (Å²) in [6, 6.07) is 10.1. The van der Waals surface area contributed by atoms with Crippen molar-refractivity contribution in [3.05, 3.63) is 63.6 Å². The van der Waals surface area contributed by atoms with Crippen LogP contribution in [0.1, 0.15) is 35.7 Å². The molecule has 3 amide bonds. The van der Waals surface area contributed by atoms with Crippen molar-refractivity contribution in [2.24, 2.45) is 0 Å². The van der Waals surface area contributed by atoms with E-state index in [1.165, 1.54) is 24.1 Å². The van der Waals surface area contributed by atoms with Gasteiger partial charge in [0.1, 0.15) is 10.9 Å². The number of rotatable bonds is 8. The molecule has 8 nitrogen and oxygen atoms in total. The van der Waals surface area contributed by atoms with Gasteiger partial charge in [-0.3, -0.25) is 14.4 Å². The van der Waals surface area contributed by atoms with E-state index in [0.717, 1.165) is 4.31 Å². The molecule has 0 aromatic heterocycles. The molecule has 0 fully saturated rings. The number of likely N-dealkylation sites (N-methyl/N-ethyl adjacent to an activating group) is 1. The molecule has 0 radical (unpaired) electrons. The zero-order chi connectivity index (χ0) is 24.3.